The number of pyridine rings is 2. The monoisotopic (exact) mass is 618 g/mol. The molecular weight excluding hydrogens is 583 g/mol. The van der Waals surface area contributed by atoms with E-state index in [1.165, 1.54) is 0 Å². The number of carbonyl (C=O) groups is 1. The number of aliphatic hydroxyl groups is 1. The van der Waals surface area contributed by atoms with Crippen molar-refractivity contribution in [1.29, 1.82) is 0 Å². The number of aliphatic hydroxyl groups excluding tert-OH is 1. The first kappa shape index (κ1) is 31.3. The number of aromatic nitrogens is 2. The van der Waals surface area contributed by atoms with Gasteiger partial charge in [0.05, 0.1) is 35.8 Å². The number of methoxy groups -OCH3 is 1. The molecule has 230 valence electrons. The van der Waals surface area contributed by atoms with Gasteiger partial charge in [-0.15, -0.1) is 0 Å². The van der Waals surface area contributed by atoms with Gasteiger partial charge < -0.3 is 31.1 Å². The van der Waals surface area contributed by atoms with Crippen LogP contribution < -0.4 is 26.0 Å². The molecule has 5 N–H and O–H groups in total. The van der Waals surface area contributed by atoms with Crippen LogP contribution in [-0.4, -0.2) is 53.8 Å². The smallest absolute Gasteiger partial charge is 0.220 e. The Morgan fingerprint density at radius 3 is 2.61 bits per heavy atom. The van der Waals surface area contributed by atoms with Gasteiger partial charge in [0.2, 0.25) is 11.8 Å². The summed E-state index contributed by atoms with van der Waals surface area (Å²) in [5, 5.41) is 22.0. The zero-order valence-electron chi connectivity index (χ0n) is 24.7. The van der Waals surface area contributed by atoms with Crippen LogP contribution in [0, 0.1) is 12.7 Å². The molecule has 1 unspecified atom stereocenters. The highest BCUT2D eigenvalue weighted by molar-refractivity contribution is 6.35. The average Bonchev–Trinajstić information content (AvgIpc) is 3.45. The molecule has 5 rings (SSSR count). The van der Waals surface area contributed by atoms with Crippen LogP contribution in [0.25, 0.3) is 22.5 Å². The number of rotatable bonds is 13. The lowest BCUT2D eigenvalue weighted by atomic mass is 10.0. The van der Waals surface area contributed by atoms with Crippen LogP contribution in [0.3, 0.4) is 0 Å². The van der Waals surface area contributed by atoms with Crippen molar-refractivity contribution in [3.05, 3.63) is 88.3 Å². The summed E-state index contributed by atoms with van der Waals surface area (Å²) in [4.78, 5) is 20.8. The predicted octanol–water partition coefficient (Wildman–Crippen LogP) is 5.11. The summed E-state index contributed by atoms with van der Waals surface area (Å²) in [7, 11) is 1.58. The molecule has 2 aromatic heterocycles. The minimum absolute atomic E-state index is 0.0149. The Kier molecular flexibility index (Phi) is 10.4. The van der Waals surface area contributed by atoms with Crippen LogP contribution in [0.1, 0.15) is 29.5 Å². The molecule has 0 spiro atoms. The minimum Gasteiger partial charge on any atom is -0.481 e. The number of halogens is 2. The van der Waals surface area contributed by atoms with Crippen molar-refractivity contribution in [3.63, 3.8) is 0 Å². The van der Waals surface area contributed by atoms with E-state index in [9.17, 15) is 4.79 Å². The van der Waals surface area contributed by atoms with E-state index in [-0.39, 0.29) is 24.4 Å². The van der Waals surface area contributed by atoms with Gasteiger partial charge in [0.15, 0.2) is 5.82 Å². The van der Waals surface area contributed by atoms with Crippen LogP contribution in [0.4, 0.5) is 15.8 Å². The molecule has 44 heavy (non-hydrogen) atoms. The maximum atomic E-state index is 15.3. The van der Waals surface area contributed by atoms with Crippen LogP contribution in [0.5, 0.6) is 5.88 Å². The van der Waals surface area contributed by atoms with Crippen molar-refractivity contribution in [1.82, 2.24) is 25.9 Å². The van der Waals surface area contributed by atoms with Crippen molar-refractivity contribution < 1.29 is 19.0 Å². The third kappa shape index (κ3) is 7.16. The van der Waals surface area contributed by atoms with Gasteiger partial charge in [-0.3, -0.25) is 9.78 Å². The van der Waals surface area contributed by atoms with Gasteiger partial charge in [-0.25, -0.2) is 9.37 Å². The molecule has 1 fully saturated rings. The quantitative estimate of drug-likeness (QED) is 0.131. The Morgan fingerprint density at radius 2 is 1.84 bits per heavy atom. The molecular formula is C33H36ClFN6O3. The molecule has 0 saturated carbocycles. The highest BCUT2D eigenvalue weighted by Gasteiger charge is 2.21. The number of anilines is 2. The first-order chi connectivity index (χ1) is 21.4. The predicted molar refractivity (Wildman–Crippen MR) is 171 cm³/mol. The lowest BCUT2D eigenvalue weighted by molar-refractivity contribution is -0.119. The number of carbonyl (C=O) groups excluding carboxylic acids is 1. The summed E-state index contributed by atoms with van der Waals surface area (Å²) < 4.78 is 20.9. The molecule has 9 nitrogen and oxygen atoms in total. The number of nitrogens with zero attached hydrogens (tertiary/aromatic N) is 2. The van der Waals surface area contributed by atoms with Crippen LogP contribution in [-0.2, 0) is 17.9 Å². The van der Waals surface area contributed by atoms with E-state index >= 15 is 4.39 Å². The molecule has 1 amide bonds. The largest absolute Gasteiger partial charge is 0.481 e. The summed E-state index contributed by atoms with van der Waals surface area (Å²) in [6, 6.07) is 16.7. The number of benzene rings is 2. The van der Waals surface area contributed by atoms with E-state index < -0.39 is 0 Å². The molecule has 1 atom stereocenters. The van der Waals surface area contributed by atoms with Crippen molar-refractivity contribution in [2.45, 2.75) is 38.9 Å². The third-order valence-electron chi connectivity index (χ3n) is 7.63. The van der Waals surface area contributed by atoms with Gasteiger partial charge in [0.25, 0.3) is 0 Å². The van der Waals surface area contributed by atoms with E-state index in [4.69, 9.17) is 26.4 Å². The fourth-order valence-corrected chi connectivity index (χ4v) is 5.57. The molecule has 1 aliphatic heterocycles. The molecule has 4 aromatic rings. The summed E-state index contributed by atoms with van der Waals surface area (Å²) in [6.45, 7) is 3.83. The third-order valence-corrected chi connectivity index (χ3v) is 8.01. The zero-order valence-corrected chi connectivity index (χ0v) is 25.5. The van der Waals surface area contributed by atoms with E-state index in [0.717, 1.165) is 28.8 Å². The number of ether oxygens (including phenoxy) is 1. The topological polar surface area (TPSA) is 120 Å². The number of nitrogens with one attached hydrogen (secondary N) is 4. The Bertz CT molecular complexity index is 1640. The van der Waals surface area contributed by atoms with Gasteiger partial charge in [0.1, 0.15) is 0 Å². The highest BCUT2D eigenvalue weighted by atomic mass is 35.5. The van der Waals surface area contributed by atoms with Crippen LogP contribution in [0.15, 0.2) is 60.8 Å². The summed E-state index contributed by atoms with van der Waals surface area (Å²) in [5.41, 5.74) is 6.04. The average molecular weight is 619 g/mol. The van der Waals surface area contributed by atoms with Crippen LogP contribution in [0.2, 0.25) is 5.02 Å². The molecule has 3 heterocycles. The highest BCUT2D eigenvalue weighted by Crippen LogP contribution is 2.38. The van der Waals surface area contributed by atoms with E-state index in [2.05, 4.69) is 26.3 Å². The first-order valence-corrected chi connectivity index (χ1v) is 14.9. The van der Waals surface area contributed by atoms with E-state index in [1.807, 2.05) is 43.3 Å². The Labute approximate surface area is 261 Å². The first-order valence-electron chi connectivity index (χ1n) is 14.5. The van der Waals surface area contributed by atoms with Gasteiger partial charge in [-0.05, 0) is 43.2 Å². The maximum Gasteiger partial charge on any atom is 0.220 e. The fourth-order valence-electron chi connectivity index (χ4n) is 5.26. The zero-order chi connectivity index (χ0) is 31.1. The van der Waals surface area contributed by atoms with Gasteiger partial charge in [-0.2, -0.15) is 0 Å². The minimum atomic E-state index is -0.357. The Hall–Kier alpha value is -4.09. The van der Waals surface area contributed by atoms with E-state index in [0.29, 0.717) is 71.7 Å². The van der Waals surface area contributed by atoms with Gasteiger partial charge >= 0.3 is 0 Å². The second kappa shape index (κ2) is 14.6. The standard InChI is InChI=1S/C33H36ClFN6O3/c1-20-24(6-4-7-26(20)40-28-8-3-5-21(31(28)35)17-36-15-16-42)32-30(34)25(13-14-38-32)27-11-9-22(33(41-27)44-2)18-37-19-23-10-12-29(43)39-23/h3-9,11,13-14,23,36-37,40,42H,10,12,15-19H2,1-2H3,(H,39,43). The van der Waals surface area contributed by atoms with Crippen molar-refractivity contribution in [2.75, 3.05) is 32.1 Å². The number of hydrogen-bond donors (Lipinski definition) is 5. The Morgan fingerprint density at radius 1 is 1.05 bits per heavy atom. The summed E-state index contributed by atoms with van der Waals surface area (Å²) >= 11 is 6.98. The Balaban J connectivity index is 1.37. The van der Waals surface area contributed by atoms with Crippen molar-refractivity contribution in [3.8, 4) is 28.4 Å². The molecule has 0 aliphatic carbocycles. The van der Waals surface area contributed by atoms with Gasteiger partial charge in [-0.1, -0.05) is 41.9 Å². The van der Waals surface area contributed by atoms with E-state index in [1.54, 1.807) is 31.5 Å². The molecule has 2 aromatic carbocycles. The van der Waals surface area contributed by atoms with Crippen molar-refractivity contribution >= 4 is 28.9 Å². The molecule has 0 radical (unpaired) electrons. The molecule has 1 saturated heterocycles. The molecule has 11 heteroatoms. The number of amides is 1. The van der Waals surface area contributed by atoms with Gasteiger partial charge in [0, 0.05) is 72.8 Å². The second-order valence-electron chi connectivity index (χ2n) is 10.6. The fraction of sp³-hybridized carbons (Fsp3) is 0.303. The lowest BCUT2D eigenvalue weighted by Gasteiger charge is -2.17. The molecule has 0 bridgehead atoms. The van der Waals surface area contributed by atoms with Crippen LogP contribution >= 0.6 is 11.6 Å². The summed E-state index contributed by atoms with van der Waals surface area (Å²) in [6.07, 6.45) is 3.09. The summed E-state index contributed by atoms with van der Waals surface area (Å²) in [5.74, 6) is 0.220. The van der Waals surface area contributed by atoms with Crippen molar-refractivity contribution in [2.24, 2.45) is 0 Å². The lowest BCUT2D eigenvalue weighted by Crippen LogP contribution is -2.35. The molecule has 1 aliphatic rings. The number of hydrogen-bond acceptors (Lipinski definition) is 8. The maximum absolute atomic E-state index is 15.3. The SMILES string of the molecule is COc1nc(-c2ccnc(-c3cccc(Nc4cccc(CNCCO)c4F)c3C)c2Cl)ccc1CNCC1CCC(=O)N1. The second-order valence-corrected chi connectivity index (χ2v) is 11.0. The normalized spacial score (nSPS) is 14.5.